The highest BCUT2D eigenvalue weighted by Crippen LogP contribution is 2.27. The van der Waals surface area contributed by atoms with Crippen molar-refractivity contribution < 1.29 is 4.79 Å². The molecular formula is C33H34Cl2N6OS. The number of carbonyl (C=O) groups is 1. The van der Waals surface area contributed by atoms with E-state index in [0.717, 1.165) is 22.4 Å². The third kappa shape index (κ3) is 9.29. The van der Waals surface area contributed by atoms with Gasteiger partial charge in [-0.3, -0.25) is 4.79 Å². The average Bonchev–Trinajstić information content (AvgIpc) is 3.43. The van der Waals surface area contributed by atoms with E-state index >= 15 is 0 Å². The van der Waals surface area contributed by atoms with Crippen LogP contribution in [0.3, 0.4) is 0 Å². The predicted octanol–water partition coefficient (Wildman–Crippen LogP) is 6.37. The second kappa shape index (κ2) is 15.5. The minimum Gasteiger partial charge on any atom is -0.358 e. The minimum absolute atomic E-state index is 0.107. The standard InChI is InChI=1S/C33H34Cl2N6OS/c1-23(2)30(39-31(42)15-28-18-37-22-41(28)19-26-13-11-24(16-36)12-14-26)21-40(20-27-9-6-10-29(34)32(27)35)33(43)38-17-25-7-4-3-5-8-25/h3-14,18,22-23,30H,15,17,19-21H2,1-2H3,(H,38,43)(H,39,42)/t30-/m1/s1. The van der Waals surface area contributed by atoms with Gasteiger partial charge in [0.25, 0.3) is 0 Å². The first-order valence-corrected chi connectivity index (χ1v) is 15.2. The number of nitrogens with one attached hydrogen (secondary N) is 2. The molecule has 0 fully saturated rings. The number of thiocarbonyl (C=S) groups is 1. The van der Waals surface area contributed by atoms with Crippen molar-refractivity contribution in [1.29, 1.82) is 5.26 Å². The molecule has 4 aromatic rings. The topological polar surface area (TPSA) is 86.0 Å². The summed E-state index contributed by atoms with van der Waals surface area (Å²) in [6, 6.07) is 24.9. The summed E-state index contributed by atoms with van der Waals surface area (Å²) in [5, 5.41) is 17.2. The number of benzene rings is 3. The van der Waals surface area contributed by atoms with Crippen molar-refractivity contribution >= 4 is 46.4 Å². The van der Waals surface area contributed by atoms with Gasteiger partial charge in [-0.25, -0.2) is 4.98 Å². The molecule has 0 bridgehead atoms. The zero-order chi connectivity index (χ0) is 30.8. The minimum atomic E-state index is -0.197. The van der Waals surface area contributed by atoms with E-state index in [1.54, 1.807) is 30.7 Å². The van der Waals surface area contributed by atoms with Gasteiger partial charge in [0, 0.05) is 44.1 Å². The summed E-state index contributed by atoms with van der Waals surface area (Å²) in [5.41, 5.74) is 4.38. The van der Waals surface area contributed by atoms with Crippen LogP contribution in [0.1, 0.15) is 41.8 Å². The number of carbonyl (C=O) groups excluding carboxylic acids is 1. The molecule has 4 rings (SSSR count). The summed E-state index contributed by atoms with van der Waals surface area (Å²) >= 11 is 18.7. The lowest BCUT2D eigenvalue weighted by Gasteiger charge is -2.33. The monoisotopic (exact) mass is 632 g/mol. The highest BCUT2D eigenvalue weighted by Gasteiger charge is 2.23. The Bertz CT molecular complexity index is 1570. The lowest BCUT2D eigenvalue weighted by molar-refractivity contribution is -0.121. The molecule has 0 saturated heterocycles. The van der Waals surface area contributed by atoms with Gasteiger partial charge in [0.15, 0.2) is 5.11 Å². The lowest BCUT2D eigenvalue weighted by atomic mass is 10.0. The van der Waals surface area contributed by atoms with Crippen LogP contribution >= 0.6 is 35.4 Å². The fourth-order valence-electron chi connectivity index (χ4n) is 4.58. The normalized spacial score (nSPS) is 11.5. The number of nitrogens with zero attached hydrogens (tertiary/aromatic N) is 4. The van der Waals surface area contributed by atoms with E-state index in [4.69, 9.17) is 40.7 Å². The number of hydrogen-bond donors (Lipinski definition) is 2. The van der Waals surface area contributed by atoms with Crippen LogP contribution < -0.4 is 10.6 Å². The number of amides is 1. The van der Waals surface area contributed by atoms with Gasteiger partial charge in [-0.2, -0.15) is 5.26 Å². The summed E-state index contributed by atoms with van der Waals surface area (Å²) in [6.45, 7) is 6.17. The molecule has 1 aromatic heterocycles. The molecule has 3 aromatic carbocycles. The van der Waals surface area contributed by atoms with Crippen LogP contribution in [-0.4, -0.2) is 38.1 Å². The number of nitriles is 1. The number of aromatic nitrogens is 2. The number of rotatable bonds is 12. The van der Waals surface area contributed by atoms with Crippen LogP contribution in [-0.2, 0) is 30.8 Å². The molecule has 2 N–H and O–H groups in total. The number of halogens is 2. The number of imidazole rings is 1. The van der Waals surface area contributed by atoms with E-state index in [-0.39, 0.29) is 24.3 Å². The fourth-order valence-corrected chi connectivity index (χ4v) is 5.17. The van der Waals surface area contributed by atoms with Gasteiger partial charge in [-0.15, -0.1) is 0 Å². The van der Waals surface area contributed by atoms with Crippen molar-refractivity contribution in [3.63, 3.8) is 0 Å². The van der Waals surface area contributed by atoms with Crippen molar-refractivity contribution in [2.45, 2.75) is 45.9 Å². The summed E-state index contributed by atoms with van der Waals surface area (Å²) in [7, 11) is 0. The second-order valence-electron chi connectivity index (χ2n) is 10.7. The summed E-state index contributed by atoms with van der Waals surface area (Å²) in [6.07, 6.45) is 3.61. The molecule has 222 valence electrons. The molecule has 10 heteroatoms. The molecule has 1 atom stereocenters. The Hall–Kier alpha value is -3.90. The quantitative estimate of drug-likeness (QED) is 0.177. The van der Waals surface area contributed by atoms with Gasteiger partial charge in [-0.05, 0) is 53.0 Å². The molecule has 1 amide bonds. The van der Waals surface area contributed by atoms with Crippen molar-refractivity contribution in [2.24, 2.45) is 5.92 Å². The molecule has 0 aliphatic heterocycles. The first kappa shape index (κ1) is 32.0. The third-order valence-corrected chi connectivity index (χ3v) is 8.37. The van der Waals surface area contributed by atoms with Crippen LogP contribution in [0.5, 0.6) is 0 Å². The van der Waals surface area contributed by atoms with Crippen molar-refractivity contribution in [3.8, 4) is 6.07 Å². The Balaban J connectivity index is 1.45. The van der Waals surface area contributed by atoms with Gasteiger partial charge in [-0.1, -0.05) is 91.6 Å². The zero-order valence-electron chi connectivity index (χ0n) is 24.1. The SMILES string of the molecule is CC(C)[C@@H](CN(Cc1cccc(Cl)c1Cl)C(=S)NCc1ccccc1)NC(=O)Cc1cncn1Cc1ccc(C#N)cc1. The van der Waals surface area contributed by atoms with Crippen LogP contribution in [0.2, 0.25) is 10.0 Å². The molecule has 1 heterocycles. The Kier molecular flexibility index (Phi) is 11.6. The largest absolute Gasteiger partial charge is 0.358 e. The summed E-state index contributed by atoms with van der Waals surface area (Å²) in [4.78, 5) is 19.6. The predicted molar refractivity (Wildman–Crippen MR) is 176 cm³/mol. The molecule has 43 heavy (non-hydrogen) atoms. The smallest absolute Gasteiger partial charge is 0.226 e. The maximum absolute atomic E-state index is 13.3. The van der Waals surface area contributed by atoms with Crippen molar-refractivity contribution in [1.82, 2.24) is 25.1 Å². The molecule has 7 nitrogen and oxygen atoms in total. The molecular weight excluding hydrogens is 599 g/mol. The second-order valence-corrected chi connectivity index (χ2v) is 11.8. The van der Waals surface area contributed by atoms with Gasteiger partial charge in [0.05, 0.1) is 34.4 Å². The Morgan fingerprint density at radius 2 is 1.79 bits per heavy atom. The number of hydrogen-bond acceptors (Lipinski definition) is 4. The van der Waals surface area contributed by atoms with E-state index < -0.39 is 0 Å². The van der Waals surface area contributed by atoms with Crippen molar-refractivity contribution in [2.75, 3.05) is 6.54 Å². The Morgan fingerprint density at radius 3 is 2.49 bits per heavy atom. The Labute approximate surface area is 268 Å². The third-order valence-electron chi connectivity index (χ3n) is 7.11. The first-order chi connectivity index (χ1) is 20.7. The van der Waals surface area contributed by atoms with E-state index in [9.17, 15) is 4.79 Å². The molecule has 0 saturated carbocycles. The Morgan fingerprint density at radius 1 is 1.05 bits per heavy atom. The van der Waals surface area contributed by atoms with Crippen LogP contribution in [0.15, 0.2) is 85.3 Å². The van der Waals surface area contributed by atoms with Crippen LogP contribution in [0.4, 0.5) is 0 Å². The van der Waals surface area contributed by atoms with Crippen LogP contribution in [0, 0.1) is 17.2 Å². The lowest BCUT2D eigenvalue weighted by Crippen LogP contribution is -2.50. The highest BCUT2D eigenvalue weighted by atomic mass is 35.5. The van der Waals surface area contributed by atoms with E-state index in [0.29, 0.717) is 46.9 Å². The maximum atomic E-state index is 13.3. The average molecular weight is 634 g/mol. The molecule has 0 radical (unpaired) electrons. The fraction of sp³-hybridized carbons (Fsp3) is 0.273. The van der Waals surface area contributed by atoms with Crippen LogP contribution in [0.25, 0.3) is 0 Å². The first-order valence-electron chi connectivity index (χ1n) is 14.0. The van der Waals surface area contributed by atoms with E-state index in [1.807, 2.05) is 64.1 Å². The van der Waals surface area contributed by atoms with Crippen molar-refractivity contribution in [3.05, 3.63) is 123 Å². The molecule has 0 aliphatic rings. The molecule has 0 aliphatic carbocycles. The van der Waals surface area contributed by atoms with Gasteiger partial charge in [0.1, 0.15) is 0 Å². The summed E-state index contributed by atoms with van der Waals surface area (Å²) in [5.74, 6) is 0.0194. The van der Waals surface area contributed by atoms with E-state index in [2.05, 4.69) is 35.5 Å². The molecule has 0 unspecified atom stereocenters. The van der Waals surface area contributed by atoms with E-state index in [1.165, 1.54) is 0 Å². The maximum Gasteiger partial charge on any atom is 0.226 e. The van der Waals surface area contributed by atoms with Gasteiger partial charge >= 0.3 is 0 Å². The highest BCUT2D eigenvalue weighted by molar-refractivity contribution is 7.80. The van der Waals surface area contributed by atoms with Gasteiger partial charge in [0.2, 0.25) is 5.91 Å². The zero-order valence-corrected chi connectivity index (χ0v) is 26.5. The molecule has 0 spiro atoms. The van der Waals surface area contributed by atoms with Gasteiger partial charge < -0.3 is 20.1 Å². The summed E-state index contributed by atoms with van der Waals surface area (Å²) < 4.78 is 1.95.